The van der Waals surface area contributed by atoms with Crippen molar-refractivity contribution in [2.45, 2.75) is 6.17 Å². The van der Waals surface area contributed by atoms with Gasteiger partial charge < -0.3 is 9.73 Å². The molecule has 2 aromatic heterocycles. The minimum Gasteiger partial charge on any atom is -0.454 e. The maximum Gasteiger partial charge on any atom is 0.160 e. The summed E-state index contributed by atoms with van der Waals surface area (Å²) in [6, 6.07) is 26.1. The van der Waals surface area contributed by atoms with Crippen LogP contribution in [0.4, 0.5) is 0 Å². The fraction of sp³-hybridized carbons (Fsp3) is 0.0385. The number of nitrogens with zero attached hydrogens (tertiary/aromatic N) is 3. The van der Waals surface area contributed by atoms with Crippen molar-refractivity contribution < 1.29 is 4.42 Å². The van der Waals surface area contributed by atoms with Crippen LogP contribution in [0, 0.1) is 0 Å². The second-order valence-electron chi connectivity index (χ2n) is 7.52. The Morgan fingerprint density at radius 1 is 0.844 bits per heavy atom. The van der Waals surface area contributed by atoms with Gasteiger partial charge in [-0.2, -0.15) is 0 Å². The first kappa shape index (κ1) is 18.8. The number of halogens is 1. The third kappa shape index (κ3) is 3.15. The highest BCUT2D eigenvalue weighted by Crippen LogP contribution is 2.35. The number of fused-ring (bicyclic) bond motifs is 3. The van der Waals surface area contributed by atoms with Gasteiger partial charge >= 0.3 is 0 Å². The molecule has 0 spiro atoms. The van der Waals surface area contributed by atoms with E-state index in [4.69, 9.17) is 26.0 Å². The molecule has 3 aromatic carbocycles. The summed E-state index contributed by atoms with van der Waals surface area (Å²) in [6.07, 6.45) is 3.09. The zero-order chi connectivity index (χ0) is 21.5. The number of aliphatic imine (C=N–C) groups is 2. The van der Waals surface area contributed by atoms with Gasteiger partial charge in [-0.3, -0.25) is 4.98 Å². The minimum absolute atomic E-state index is 0.269. The zero-order valence-electron chi connectivity index (χ0n) is 16.9. The van der Waals surface area contributed by atoms with Crippen molar-refractivity contribution in [1.29, 1.82) is 0 Å². The molecular weight excluding hydrogens is 420 g/mol. The second-order valence-corrected chi connectivity index (χ2v) is 7.92. The number of nitrogens with one attached hydrogen (secondary N) is 1. The Morgan fingerprint density at radius 2 is 1.62 bits per heavy atom. The normalized spacial score (nSPS) is 16.0. The van der Waals surface area contributed by atoms with Crippen LogP contribution in [-0.2, 0) is 0 Å². The Hall–Kier alpha value is -3.96. The van der Waals surface area contributed by atoms with Crippen molar-refractivity contribution in [2.24, 2.45) is 9.98 Å². The summed E-state index contributed by atoms with van der Waals surface area (Å²) in [6.45, 7) is 0. The number of benzene rings is 3. The number of hydrogen-bond donors (Lipinski definition) is 1. The molecule has 0 fully saturated rings. The number of furan rings is 1. The van der Waals surface area contributed by atoms with E-state index >= 15 is 0 Å². The molecule has 1 atom stereocenters. The van der Waals surface area contributed by atoms with E-state index in [0.717, 1.165) is 38.9 Å². The predicted molar refractivity (Wildman–Crippen MR) is 128 cm³/mol. The van der Waals surface area contributed by atoms with Gasteiger partial charge in [-0.25, -0.2) is 9.98 Å². The standard InChI is InChI=1S/C26H17ClN4O/c27-20-15-28-14-19-22-18(12-7-13-21(22)32-23(19)20)26-30-24(16-8-3-1-4-9-16)29-25(31-26)17-10-5-2-6-11-17/h1-15,24H,(H,29,30,31). The average Bonchev–Trinajstić information content (AvgIpc) is 3.25. The summed E-state index contributed by atoms with van der Waals surface area (Å²) >= 11 is 6.35. The van der Waals surface area contributed by atoms with Crippen LogP contribution in [-0.4, -0.2) is 16.7 Å². The number of pyridine rings is 1. The van der Waals surface area contributed by atoms with E-state index in [-0.39, 0.29) is 6.17 Å². The molecule has 0 bridgehead atoms. The Morgan fingerprint density at radius 3 is 2.44 bits per heavy atom. The van der Waals surface area contributed by atoms with Crippen molar-refractivity contribution in [3.63, 3.8) is 0 Å². The lowest BCUT2D eigenvalue weighted by Crippen LogP contribution is -2.33. The summed E-state index contributed by atoms with van der Waals surface area (Å²) in [7, 11) is 0. The first-order valence-electron chi connectivity index (χ1n) is 10.3. The van der Waals surface area contributed by atoms with E-state index in [9.17, 15) is 0 Å². The largest absolute Gasteiger partial charge is 0.454 e. The van der Waals surface area contributed by atoms with Crippen LogP contribution in [0.25, 0.3) is 21.9 Å². The lowest BCUT2D eigenvalue weighted by molar-refractivity contribution is 0.668. The van der Waals surface area contributed by atoms with E-state index < -0.39 is 0 Å². The van der Waals surface area contributed by atoms with Gasteiger partial charge in [-0.1, -0.05) is 84.4 Å². The number of hydrogen-bond acceptors (Lipinski definition) is 5. The van der Waals surface area contributed by atoms with Gasteiger partial charge in [-0.15, -0.1) is 0 Å². The number of aromatic nitrogens is 1. The maximum absolute atomic E-state index is 6.35. The van der Waals surface area contributed by atoms with Crippen LogP contribution in [0.15, 0.2) is 106 Å². The Labute approximate surface area is 189 Å². The van der Waals surface area contributed by atoms with Crippen molar-refractivity contribution in [2.75, 3.05) is 0 Å². The van der Waals surface area contributed by atoms with Crippen molar-refractivity contribution in [3.05, 3.63) is 113 Å². The minimum atomic E-state index is -0.269. The molecule has 0 aliphatic carbocycles. The van der Waals surface area contributed by atoms with Gasteiger partial charge in [0.25, 0.3) is 0 Å². The van der Waals surface area contributed by atoms with Crippen molar-refractivity contribution in [1.82, 2.24) is 10.3 Å². The molecular formula is C26H17ClN4O. The highest BCUT2D eigenvalue weighted by Gasteiger charge is 2.23. The molecule has 32 heavy (non-hydrogen) atoms. The molecule has 1 aliphatic heterocycles. The molecule has 5 nitrogen and oxygen atoms in total. The fourth-order valence-electron chi connectivity index (χ4n) is 4.01. The summed E-state index contributed by atoms with van der Waals surface area (Å²) in [4.78, 5) is 14.2. The van der Waals surface area contributed by atoms with Crippen LogP contribution in [0.2, 0.25) is 5.02 Å². The summed E-state index contributed by atoms with van der Waals surface area (Å²) in [5.74, 6) is 1.40. The molecule has 3 heterocycles. The average molecular weight is 437 g/mol. The van der Waals surface area contributed by atoms with Gasteiger partial charge in [0.05, 0.1) is 0 Å². The third-order valence-corrected chi connectivity index (χ3v) is 5.78. The summed E-state index contributed by atoms with van der Waals surface area (Å²) < 4.78 is 6.05. The van der Waals surface area contributed by atoms with Crippen LogP contribution in [0.5, 0.6) is 0 Å². The maximum atomic E-state index is 6.35. The van der Waals surface area contributed by atoms with E-state index in [1.165, 1.54) is 0 Å². The summed E-state index contributed by atoms with van der Waals surface area (Å²) in [5, 5.41) is 5.71. The van der Waals surface area contributed by atoms with Crippen molar-refractivity contribution >= 4 is 45.2 Å². The molecule has 6 heteroatoms. The van der Waals surface area contributed by atoms with Gasteiger partial charge in [0, 0.05) is 34.3 Å². The lowest BCUT2D eigenvalue weighted by Gasteiger charge is -2.23. The van der Waals surface area contributed by atoms with E-state index in [1.54, 1.807) is 12.4 Å². The van der Waals surface area contributed by atoms with Crippen LogP contribution >= 0.6 is 11.6 Å². The molecule has 0 saturated carbocycles. The van der Waals surface area contributed by atoms with Gasteiger partial charge in [-0.05, 0) is 11.6 Å². The first-order valence-corrected chi connectivity index (χ1v) is 10.6. The number of amidine groups is 2. The van der Waals surface area contributed by atoms with Gasteiger partial charge in [0.2, 0.25) is 0 Å². The highest BCUT2D eigenvalue weighted by atomic mass is 35.5. The Balaban J connectivity index is 1.59. The SMILES string of the molecule is Clc1cncc2c1oc1cccc(C3=NC(c4ccccc4)NC(c4ccccc4)=N3)c12. The molecule has 5 aromatic rings. The van der Waals surface area contributed by atoms with Gasteiger partial charge in [0.15, 0.2) is 11.4 Å². The van der Waals surface area contributed by atoms with Gasteiger partial charge in [0.1, 0.15) is 22.6 Å². The molecule has 1 unspecified atom stereocenters. The predicted octanol–water partition coefficient (Wildman–Crippen LogP) is 6.13. The zero-order valence-corrected chi connectivity index (χ0v) is 17.6. The topological polar surface area (TPSA) is 62.8 Å². The van der Waals surface area contributed by atoms with Crippen LogP contribution in [0.1, 0.15) is 22.9 Å². The molecule has 154 valence electrons. The molecule has 1 aliphatic rings. The van der Waals surface area contributed by atoms with E-state index in [2.05, 4.69) is 22.4 Å². The van der Waals surface area contributed by atoms with E-state index in [0.29, 0.717) is 16.4 Å². The highest BCUT2D eigenvalue weighted by molar-refractivity contribution is 6.36. The second kappa shape index (κ2) is 7.62. The smallest absolute Gasteiger partial charge is 0.160 e. The van der Waals surface area contributed by atoms with Crippen molar-refractivity contribution in [3.8, 4) is 0 Å². The monoisotopic (exact) mass is 436 g/mol. The fourth-order valence-corrected chi connectivity index (χ4v) is 4.21. The molecule has 0 amide bonds. The first-order chi connectivity index (χ1) is 15.8. The quantitative estimate of drug-likeness (QED) is 0.370. The Bertz CT molecular complexity index is 1510. The van der Waals surface area contributed by atoms with E-state index in [1.807, 2.05) is 66.7 Å². The number of rotatable bonds is 3. The lowest BCUT2D eigenvalue weighted by atomic mass is 10.0. The third-order valence-electron chi connectivity index (χ3n) is 5.51. The van der Waals surface area contributed by atoms with Crippen LogP contribution in [0.3, 0.4) is 0 Å². The molecule has 0 radical (unpaired) electrons. The molecule has 6 rings (SSSR count). The Kier molecular flexibility index (Phi) is 4.47. The summed E-state index contributed by atoms with van der Waals surface area (Å²) in [5.41, 5.74) is 4.27. The van der Waals surface area contributed by atoms with Crippen LogP contribution < -0.4 is 5.32 Å². The molecule has 1 N–H and O–H groups in total. The molecule has 0 saturated heterocycles.